The number of carbonyl (C=O) groups excluding carboxylic acids is 2. The number of aromatic nitrogens is 3. The highest BCUT2D eigenvalue weighted by atomic mass is 32.1. The zero-order chi connectivity index (χ0) is 25.1. The average molecular weight is 512 g/mol. The fourth-order valence-electron chi connectivity index (χ4n) is 3.39. The van der Waals surface area contributed by atoms with Crippen molar-refractivity contribution in [3.05, 3.63) is 100 Å². The molecule has 9 heteroatoms. The van der Waals surface area contributed by atoms with Crippen LogP contribution in [0.4, 0.5) is 10.3 Å². The average Bonchev–Trinajstić information content (AvgIpc) is 3.55. The molecule has 0 spiro atoms. The van der Waals surface area contributed by atoms with Gasteiger partial charge in [0.2, 0.25) is 0 Å². The van der Waals surface area contributed by atoms with Crippen LogP contribution in [0, 0.1) is 13.8 Å². The molecule has 3 aromatic heterocycles. The number of thiazole rings is 2. The first-order valence-electron chi connectivity index (χ1n) is 11.1. The molecule has 178 valence electrons. The van der Waals surface area contributed by atoms with Gasteiger partial charge < -0.3 is 0 Å². The molecule has 3 heterocycles. The summed E-state index contributed by atoms with van der Waals surface area (Å²) in [6.07, 6.45) is 0. The summed E-state index contributed by atoms with van der Waals surface area (Å²) in [5.41, 5.74) is 6.08. The number of hydrogen-bond donors (Lipinski definition) is 2. The maximum Gasteiger partial charge on any atom is 0.276 e. The van der Waals surface area contributed by atoms with Crippen molar-refractivity contribution < 1.29 is 9.59 Å². The summed E-state index contributed by atoms with van der Waals surface area (Å²) in [5, 5.41) is 10.2. The van der Waals surface area contributed by atoms with Gasteiger partial charge in [-0.3, -0.25) is 20.2 Å². The Balaban J connectivity index is 1.25. The molecule has 0 bridgehead atoms. The summed E-state index contributed by atoms with van der Waals surface area (Å²) < 4.78 is 0. The van der Waals surface area contributed by atoms with E-state index in [9.17, 15) is 9.59 Å². The minimum atomic E-state index is -0.439. The Kier molecular flexibility index (Phi) is 6.66. The van der Waals surface area contributed by atoms with Gasteiger partial charge in [0.05, 0.1) is 11.4 Å². The maximum absolute atomic E-state index is 12.8. The molecule has 5 rings (SSSR count). The van der Waals surface area contributed by atoms with Gasteiger partial charge in [0, 0.05) is 21.9 Å². The zero-order valence-electron chi connectivity index (χ0n) is 19.5. The Morgan fingerprint density at radius 3 is 1.44 bits per heavy atom. The summed E-state index contributed by atoms with van der Waals surface area (Å²) in [6.45, 7) is 4.05. The quantitative estimate of drug-likeness (QED) is 0.273. The van der Waals surface area contributed by atoms with Crippen LogP contribution in [0.15, 0.2) is 77.5 Å². The van der Waals surface area contributed by atoms with E-state index in [1.165, 1.54) is 33.8 Å². The van der Waals surface area contributed by atoms with Crippen molar-refractivity contribution >= 4 is 44.8 Å². The summed E-state index contributed by atoms with van der Waals surface area (Å²) in [5.74, 6) is -0.879. The third kappa shape index (κ3) is 5.37. The van der Waals surface area contributed by atoms with Crippen molar-refractivity contribution in [3.8, 4) is 22.5 Å². The Hall–Kier alpha value is -4.21. The lowest BCUT2D eigenvalue weighted by Gasteiger charge is -2.05. The smallest absolute Gasteiger partial charge is 0.276 e. The highest BCUT2D eigenvalue weighted by Gasteiger charge is 2.16. The first-order valence-corrected chi connectivity index (χ1v) is 12.9. The zero-order valence-corrected chi connectivity index (χ0v) is 21.1. The van der Waals surface area contributed by atoms with Crippen LogP contribution in [-0.4, -0.2) is 26.8 Å². The molecule has 0 aliphatic carbocycles. The van der Waals surface area contributed by atoms with E-state index in [1.807, 2.05) is 73.1 Å². The van der Waals surface area contributed by atoms with Crippen LogP contribution >= 0.6 is 22.7 Å². The van der Waals surface area contributed by atoms with Crippen molar-refractivity contribution in [2.24, 2.45) is 0 Å². The monoisotopic (exact) mass is 511 g/mol. The van der Waals surface area contributed by atoms with E-state index in [0.717, 1.165) is 22.5 Å². The molecule has 0 saturated carbocycles. The predicted octanol–water partition coefficient (Wildman–Crippen LogP) is 6.45. The first-order chi connectivity index (χ1) is 17.4. The van der Waals surface area contributed by atoms with Gasteiger partial charge in [0.15, 0.2) is 10.3 Å². The van der Waals surface area contributed by atoms with Crippen molar-refractivity contribution in [1.82, 2.24) is 15.0 Å². The second kappa shape index (κ2) is 10.2. The van der Waals surface area contributed by atoms with E-state index in [1.54, 1.807) is 18.2 Å². The van der Waals surface area contributed by atoms with Gasteiger partial charge in [0.25, 0.3) is 11.8 Å². The third-order valence-electron chi connectivity index (χ3n) is 5.36. The number of anilines is 2. The van der Waals surface area contributed by atoms with Crippen molar-refractivity contribution in [1.29, 1.82) is 0 Å². The van der Waals surface area contributed by atoms with Gasteiger partial charge in [-0.1, -0.05) is 65.7 Å². The van der Waals surface area contributed by atoms with Crippen LogP contribution in [0.2, 0.25) is 0 Å². The molecule has 5 aromatic rings. The molecule has 0 unspecified atom stereocenters. The standard InChI is InChI=1S/C27H21N5O2S2/c1-16-6-10-18(11-7-16)22-14-35-26(29-22)31-24(33)20-4-3-5-21(28-20)25(34)32-27-30-23(15-36-27)19-12-8-17(2)9-13-19/h3-15H,1-2H3,(H,29,31,33)(H,30,32,34). The summed E-state index contributed by atoms with van der Waals surface area (Å²) in [4.78, 5) is 38.8. The van der Waals surface area contributed by atoms with Gasteiger partial charge >= 0.3 is 0 Å². The largest absolute Gasteiger partial charge is 0.296 e. The maximum atomic E-state index is 12.8. The molecule has 0 saturated heterocycles. The van der Waals surface area contributed by atoms with Crippen LogP contribution < -0.4 is 10.6 Å². The van der Waals surface area contributed by atoms with E-state index >= 15 is 0 Å². The Morgan fingerprint density at radius 2 is 1.03 bits per heavy atom. The normalized spacial score (nSPS) is 10.7. The van der Waals surface area contributed by atoms with Crippen LogP contribution in [0.25, 0.3) is 22.5 Å². The number of nitrogens with zero attached hydrogens (tertiary/aromatic N) is 3. The predicted molar refractivity (Wildman–Crippen MR) is 145 cm³/mol. The van der Waals surface area contributed by atoms with Gasteiger partial charge in [0.1, 0.15) is 11.4 Å². The lowest BCUT2D eigenvalue weighted by Crippen LogP contribution is -2.18. The molecule has 36 heavy (non-hydrogen) atoms. The van der Waals surface area contributed by atoms with Crippen molar-refractivity contribution in [3.63, 3.8) is 0 Å². The lowest BCUT2D eigenvalue weighted by molar-refractivity contribution is 0.101. The molecular formula is C27H21N5O2S2. The minimum Gasteiger partial charge on any atom is -0.296 e. The fourth-order valence-corrected chi connectivity index (χ4v) is 4.82. The minimum absolute atomic E-state index is 0.120. The number of aryl methyl sites for hydroxylation is 2. The molecule has 0 atom stereocenters. The van der Waals surface area contributed by atoms with Crippen molar-refractivity contribution in [2.75, 3.05) is 10.6 Å². The first kappa shape index (κ1) is 23.5. The van der Waals surface area contributed by atoms with E-state index in [4.69, 9.17) is 0 Å². The van der Waals surface area contributed by atoms with Gasteiger partial charge in [-0.2, -0.15) is 0 Å². The summed E-state index contributed by atoms with van der Waals surface area (Å²) >= 11 is 2.66. The highest BCUT2D eigenvalue weighted by Crippen LogP contribution is 2.26. The van der Waals surface area contributed by atoms with E-state index in [2.05, 4.69) is 25.6 Å². The second-order valence-electron chi connectivity index (χ2n) is 8.12. The van der Waals surface area contributed by atoms with Crippen LogP contribution in [0.3, 0.4) is 0 Å². The lowest BCUT2D eigenvalue weighted by atomic mass is 10.1. The molecule has 0 radical (unpaired) electrons. The topological polar surface area (TPSA) is 96.9 Å². The van der Waals surface area contributed by atoms with Gasteiger partial charge in [-0.05, 0) is 26.0 Å². The van der Waals surface area contributed by atoms with Crippen LogP contribution in [-0.2, 0) is 0 Å². The molecule has 2 aromatic carbocycles. The molecule has 2 amide bonds. The Bertz CT molecular complexity index is 1430. The second-order valence-corrected chi connectivity index (χ2v) is 9.84. The van der Waals surface area contributed by atoms with Crippen molar-refractivity contribution in [2.45, 2.75) is 13.8 Å². The van der Waals surface area contributed by atoms with E-state index in [0.29, 0.717) is 10.3 Å². The highest BCUT2D eigenvalue weighted by molar-refractivity contribution is 7.14. The number of amides is 2. The summed E-state index contributed by atoms with van der Waals surface area (Å²) in [6, 6.07) is 20.8. The molecular weight excluding hydrogens is 490 g/mol. The Morgan fingerprint density at radius 1 is 0.611 bits per heavy atom. The number of pyridine rings is 1. The molecule has 0 fully saturated rings. The van der Waals surface area contributed by atoms with Gasteiger partial charge in [-0.25, -0.2) is 15.0 Å². The molecule has 0 aliphatic rings. The molecule has 7 nitrogen and oxygen atoms in total. The van der Waals surface area contributed by atoms with E-state index in [-0.39, 0.29) is 11.4 Å². The van der Waals surface area contributed by atoms with E-state index < -0.39 is 11.8 Å². The van der Waals surface area contributed by atoms with Crippen LogP contribution in [0.5, 0.6) is 0 Å². The number of nitrogens with one attached hydrogen (secondary N) is 2. The molecule has 0 aliphatic heterocycles. The fraction of sp³-hybridized carbons (Fsp3) is 0.0741. The van der Waals surface area contributed by atoms with Gasteiger partial charge in [-0.15, -0.1) is 22.7 Å². The third-order valence-corrected chi connectivity index (χ3v) is 6.87. The number of hydrogen-bond acceptors (Lipinski definition) is 7. The van der Waals surface area contributed by atoms with Crippen LogP contribution in [0.1, 0.15) is 32.1 Å². The Labute approximate surface area is 215 Å². The number of rotatable bonds is 6. The SMILES string of the molecule is Cc1ccc(-c2csc(NC(=O)c3cccc(C(=O)Nc4nc(-c5ccc(C)cc5)cs4)n3)n2)cc1. The number of benzene rings is 2. The number of carbonyl (C=O) groups is 2. The summed E-state index contributed by atoms with van der Waals surface area (Å²) in [7, 11) is 0. The molecule has 2 N–H and O–H groups in total.